The van der Waals surface area contributed by atoms with Crippen molar-refractivity contribution in [3.63, 3.8) is 0 Å². The van der Waals surface area contributed by atoms with Crippen molar-refractivity contribution in [3.05, 3.63) is 35.9 Å². The summed E-state index contributed by atoms with van der Waals surface area (Å²) in [7, 11) is 0. The molecule has 0 radical (unpaired) electrons. The second-order valence-corrected chi connectivity index (χ2v) is 11.8. The van der Waals surface area contributed by atoms with Gasteiger partial charge in [0.2, 0.25) is 5.91 Å². The van der Waals surface area contributed by atoms with Crippen molar-refractivity contribution < 1.29 is 4.79 Å². The highest BCUT2D eigenvalue weighted by Crippen LogP contribution is 2.70. The van der Waals surface area contributed by atoms with E-state index in [1.807, 2.05) is 0 Å². The van der Waals surface area contributed by atoms with E-state index >= 15 is 0 Å². The summed E-state index contributed by atoms with van der Waals surface area (Å²) >= 11 is 6.64. The van der Waals surface area contributed by atoms with E-state index in [1.165, 1.54) is 18.4 Å². The van der Waals surface area contributed by atoms with Crippen LogP contribution >= 0.6 is 11.6 Å². The fourth-order valence-electron chi connectivity index (χ4n) is 8.14. The van der Waals surface area contributed by atoms with E-state index in [4.69, 9.17) is 17.3 Å². The van der Waals surface area contributed by atoms with E-state index in [9.17, 15) is 4.79 Å². The molecule has 4 unspecified atom stereocenters. The lowest BCUT2D eigenvalue weighted by molar-refractivity contribution is -0.160. The summed E-state index contributed by atoms with van der Waals surface area (Å²) in [6, 6.07) is 11.5. The van der Waals surface area contributed by atoms with Gasteiger partial charge in [-0.25, -0.2) is 0 Å². The minimum absolute atomic E-state index is 0.118. The number of alkyl halides is 1. The Kier molecular flexibility index (Phi) is 5.22. The molecule has 5 saturated carbocycles. The molecule has 0 aromatic heterocycles. The zero-order chi connectivity index (χ0) is 21.0. The molecular weight excluding hydrogens is 392 g/mol. The third-order valence-electron chi connectivity index (χ3n) is 9.22. The van der Waals surface area contributed by atoms with Crippen LogP contribution in [-0.2, 0) is 10.2 Å². The van der Waals surface area contributed by atoms with Crippen molar-refractivity contribution in [2.24, 2.45) is 28.4 Å². The Balaban J connectivity index is 1.42. The van der Waals surface area contributed by atoms with Gasteiger partial charge in [0, 0.05) is 18.0 Å². The largest absolute Gasteiger partial charge is 0.353 e. The molecule has 0 spiro atoms. The number of carbonyl (C=O) groups is 1. The second kappa shape index (κ2) is 7.52. The lowest BCUT2D eigenvalue weighted by Crippen LogP contribution is -2.63. The molecule has 0 heterocycles. The molecule has 1 aromatic carbocycles. The summed E-state index contributed by atoms with van der Waals surface area (Å²) in [5, 5.41) is 3.53. The number of nitrogens with two attached hydrogens (primary N) is 1. The van der Waals surface area contributed by atoms with Crippen LogP contribution in [0.4, 0.5) is 0 Å². The number of hydrogen-bond acceptors (Lipinski definition) is 2. The fourth-order valence-corrected chi connectivity index (χ4v) is 8.44. The van der Waals surface area contributed by atoms with Gasteiger partial charge < -0.3 is 11.1 Å². The Hall–Kier alpha value is -1.06. The van der Waals surface area contributed by atoms with Crippen LogP contribution in [0.1, 0.15) is 76.7 Å². The number of halogens is 1. The Bertz CT molecular complexity index is 787. The number of rotatable bonds is 4. The highest BCUT2D eigenvalue weighted by Gasteiger charge is 2.65. The van der Waals surface area contributed by atoms with Gasteiger partial charge in [-0.3, -0.25) is 4.79 Å². The third kappa shape index (κ3) is 3.41. The maximum absolute atomic E-state index is 13.9. The topological polar surface area (TPSA) is 55.1 Å². The summed E-state index contributed by atoms with van der Waals surface area (Å²) in [6.07, 6.45) is 10.8. The lowest BCUT2D eigenvalue weighted by Gasteiger charge is -2.66. The van der Waals surface area contributed by atoms with Crippen LogP contribution in [0.2, 0.25) is 0 Å². The first-order valence-electron chi connectivity index (χ1n) is 12.1. The van der Waals surface area contributed by atoms with Gasteiger partial charge in [-0.1, -0.05) is 37.3 Å². The number of nitrogens with one attached hydrogen (secondary N) is 1. The molecule has 7 atom stereocenters. The Labute approximate surface area is 186 Å². The van der Waals surface area contributed by atoms with E-state index in [1.54, 1.807) is 0 Å². The first-order chi connectivity index (χ1) is 14.4. The molecule has 4 heteroatoms. The molecule has 6 rings (SSSR count). The second-order valence-electron chi connectivity index (χ2n) is 11.5. The van der Waals surface area contributed by atoms with Gasteiger partial charge in [0.15, 0.2) is 0 Å². The van der Waals surface area contributed by atoms with Crippen LogP contribution in [0.3, 0.4) is 0 Å². The fraction of sp³-hybridized carbons (Fsp3) is 0.731. The Morgan fingerprint density at radius 1 is 1.07 bits per heavy atom. The minimum Gasteiger partial charge on any atom is -0.353 e. The molecule has 3 N–H and O–H groups in total. The molecule has 4 bridgehead atoms. The standard InChI is InChI=1S/C26H37ClN2O/c1-18-7-8-21(9-10-22(18)28)29-23(30)26-13-19-11-24(15-26,17-27)14-25(12-19,16-26)20-5-3-2-4-6-20/h2-6,18-19,21-22H,7-17,28H2,1H3,(H,29,30)/t18-,19?,21-,22+,24?,25?,26?/m1/s1. The first-order valence-corrected chi connectivity index (χ1v) is 12.6. The zero-order valence-electron chi connectivity index (χ0n) is 18.3. The zero-order valence-corrected chi connectivity index (χ0v) is 19.1. The van der Waals surface area contributed by atoms with Gasteiger partial charge in [-0.2, -0.15) is 0 Å². The van der Waals surface area contributed by atoms with E-state index in [0.717, 1.165) is 51.4 Å². The molecule has 5 aliphatic rings. The summed E-state index contributed by atoms with van der Waals surface area (Å²) in [5.41, 5.74) is 7.73. The number of hydrogen-bond donors (Lipinski definition) is 2. The first kappa shape index (κ1) is 20.8. The maximum Gasteiger partial charge on any atom is 0.226 e. The highest BCUT2D eigenvalue weighted by molar-refractivity contribution is 6.18. The number of carbonyl (C=O) groups excluding carboxylic acids is 1. The number of benzene rings is 1. The average Bonchev–Trinajstić information content (AvgIpc) is 2.89. The monoisotopic (exact) mass is 428 g/mol. The van der Waals surface area contributed by atoms with E-state index in [0.29, 0.717) is 23.6 Å². The van der Waals surface area contributed by atoms with E-state index < -0.39 is 0 Å². The van der Waals surface area contributed by atoms with Crippen molar-refractivity contribution in [1.29, 1.82) is 0 Å². The van der Waals surface area contributed by atoms with Gasteiger partial charge in [-0.05, 0) is 92.4 Å². The minimum atomic E-state index is -0.246. The van der Waals surface area contributed by atoms with Gasteiger partial charge in [0.25, 0.3) is 0 Å². The van der Waals surface area contributed by atoms with Crippen molar-refractivity contribution in [2.75, 3.05) is 5.88 Å². The van der Waals surface area contributed by atoms with Crippen LogP contribution in [0, 0.1) is 22.7 Å². The molecule has 1 aromatic rings. The molecular formula is C26H37ClN2O. The molecule has 5 aliphatic carbocycles. The average molecular weight is 429 g/mol. The molecule has 164 valence electrons. The summed E-state index contributed by atoms with van der Waals surface area (Å²) in [4.78, 5) is 13.9. The van der Waals surface area contributed by atoms with Crippen LogP contribution in [0.15, 0.2) is 30.3 Å². The highest BCUT2D eigenvalue weighted by atomic mass is 35.5. The van der Waals surface area contributed by atoms with Crippen molar-refractivity contribution in [2.45, 2.75) is 88.6 Å². The maximum atomic E-state index is 13.9. The third-order valence-corrected chi connectivity index (χ3v) is 9.79. The quantitative estimate of drug-likeness (QED) is 0.514. The van der Waals surface area contributed by atoms with Crippen molar-refractivity contribution >= 4 is 17.5 Å². The van der Waals surface area contributed by atoms with Gasteiger partial charge in [0.1, 0.15) is 0 Å². The Morgan fingerprint density at radius 3 is 2.60 bits per heavy atom. The molecule has 5 fully saturated rings. The molecule has 0 saturated heterocycles. The lowest BCUT2D eigenvalue weighted by atomic mass is 9.38. The smallest absolute Gasteiger partial charge is 0.226 e. The molecule has 0 aliphatic heterocycles. The SMILES string of the molecule is C[C@@H]1CC[C@@H](NC(=O)C23CC4CC(CCl)(C2)CC(c2ccccc2)(C4)C3)CC[C@@H]1N. The van der Waals surface area contributed by atoms with Crippen LogP contribution in [0.5, 0.6) is 0 Å². The predicted molar refractivity (Wildman–Crippen MR) is 122 cm³/mol. The Morgan fingerprint density at radius 2 is 1.83 bits per heavy atom. The predicted octanol–water partition coefficient (Wildman–Crippen LogP) is 5.16. The van der Waals surface area contributed by atoms with Gasteiger partial charge >= 0.3 is 0 Å². The summed E-state index contributed by atoms with van der Waals surface area (Å²) < 4.78 is 0. The van der Waals surface area contributed by atoms with Gasteiger partial charge in [0.05, 0.1) is 5.41 Å². The molecule has 30 heavy (non-hydrogen) atoms. The van der Waals surface area contributed by atoms with Crippen molar-refractivity contribution in [1.82, 2.24) is 5.32 Å². The van der Waals surface area contributed by atoms with E-state index in [-0.39, 0.29) is 28.3 Å². The van der Waals surface area contributed by atoms with Gasteiger partial charge in [-0.15, -0.1) is 11.6 Å². The molecule has 1 amide bonds. The van der Waals surface area contributed by atoms with Crippen LogP contribution in [0.25, 0.3) is 0 Å². The van der Waals surface area contributed by atoms with E-state index in [2.05, 4.69) is 42.6 Å². The molecule has 3 nitrogen and oxygen atoms in total. The number of amides is 1. The summed E-state index contributed by atoms with van der Waals surface area (Å²) in [5.74, 6) is 2.17. The van der Waals surface area contributed by atoms with Crippen molar-refractivity contribution in [3.8, 4) is 0 Å². The van der Waals surface area contributed by atoms with Crippen LogP contribution < -0.4 is 11.1 Å². The van der Waals surface area contributed by atoms with Crippen LogP contribution in [-0.4, -0.2) is 23.9 Å². The summed E-state index contributed by atoms with van der Waals surface area (Å²) in [6.45, 7) is 2.25. The normalized spacial score (nSPS) is 45.2.